The normalized spacial score (nSPS) is 16.3. The zero-order valence-electron chi connectivity index (χ0n) is 10.5. The van der Waals surface area contributed by atoms with Crippen LogP contribution in [-0.4, -0.2) is 40.1 Å². The number of carbonyl (C=O) groups is 2. The summed E-state index contributed by atoms with van der Waals surface area (Å²) in [6.45, 7) is 1.36. The number of hydrogen-bond acceptors (Lipinski definition) is 4. The Kier molecular flexibility index (Phi) is 4.73. The van der Waals surface area contributed by atoms with Crippen LogP contribution >= 0.6 is 11.3 Å². The number of thiazole rings is 1. The topological polar surface area (TPSA) is 82.5 Å². The molecule has 0 atom stereocenters. The average molecular weight is 283 g/mol. The minimum absolute atomic E-state index is 0.119. The second-order valence-corrected chi connectivity index (χ2v) is 5.52. The lowest BCUT2D eigenvalue weighted by Gasteiger charge is -2.31. The van der Waals surface area contributed by atoms with Gasteiger partial charge in [0.2, 0.25) is 0 Å². The molecule has 6 nitrogen and oxygen atoms in total. The summed E-state index contributed by atoms with van der Waals surface area (Å²) in [5, 5.41) is 13.8. The lowest BCUT2D eigenvalue weighted by molar-refractivity contribution is -0.137. The lowest BCUT2D eigenvalue weighted by Crippen LogP contribution is -2.41. The lowest BCUT2D eigenvalue weighted by atomic mass is 9.92. The number of anilines is 1. The van der Waals surface area contributed by atoms with Gasteiger partial charge >= 0.3 is 12.0 Å². The SMILES string of the molecule is O=C(O)CCC1CCN(C(=O)Nc2nccs2)CC1. The van der Waals surface area contributed by atoms with Crippen LogP contribution < -0.4 is 5.32 Å². The number of rotatable bonds is 4. The molecule has 2 N–H and O–H groups in total. The molecule has 2 amide bonds. The van der Waals surface area contributed by atoms with Crippen LogP contribution in [0.25, 0.3) is 0 Å². The molecular formula is C12H17N3O3S. The molecule has 1 fully saturated rings. The van der Waals surface area contributed by atoms with Crippen molar-refractivity contribution >= 4 is 28.5 Å². The molecule has 1 saturated heterocycles. The second kappa shape index (κ2) is 6.51. The van der Waals surface area contributed by atoms with Gasteiger partial charge in [0, 0.05) is 31.1 Å². The Bertz CT molecular complexity index is 427. The molecule has 1 aliphatic heterocycles. The van der Waals surface area contributed by atoms with Gasteiger partial charge in [0.25, 0.3) is 0 Å². The predicted octanol–water partition coefficient (Wildman–Crippen LogP) is 2.25. The van der Waals surface area contributed by atoms with Crippen molar-refractivity contribution in [3.63, 3.8) is 0 Å². The summed E-state index contributed by atoms with van der Waals surface area (Å²) in [5.74, 6) is -0.330. The minimum Gasteiger partial charge on any atom is -0.481 e. The van der Waals surface area contributed by atoms with Gasteiger partial charge in [-0.05, 0) is 25.2 Å². The van der Waals surface area contributed by atoms with E-state index in [4.69, 9.17) is 5.11 Å². The Morgan fingerprint density at radius 1 is 1.47 bits per heavy atom. The highest BCUT2D eigenvalue weighted by molar-refractivity contribution is 7.13. The zero-order chi connectivity index (χ0) is 13.7. The van der Waals surface area contributed by atoms with Crippen molar-refractivity contribution in [1.29, 1.82) is 0 Å². The fourth-order valence-electron chi connectivity index (χ4n) is 2.21. The molecule has 1 aromatic rings. The number of piperidine rings is 1. The highest BCUT2D eigenvalue weighted by Crippen LogP contribution is 2.22. The molecule has 0 spiro atoms. The summed E-state index contributed by atoms with van der Waals surface area (Å²) < 4.78 is 0. The molecule has 2 rings (SSSR count). The Labute approximate surface area is 115 Å². The number of likely N-dealkylation sites (tertiary alicyclic amines) is 1. The van der Waals surface area contributed by atoms with Gasteiger partial charge in [0.05, 0.1) is 0 Å². The number of urea groups is 1. The van der Waals surface area contributed by atoms with Crippen LogP contribution in [0.15, 0.2) is 11.6 Å². The molecule has 7 heteroatoms. The number of carbonyl (C=O) groups excluding carboxylic acids is 1. The summed E-state index contributed by atoms with van der Waals surface area (Å²) in [6, 6.07) is -0.119. The van der Waals surface area contributed by atoms with Gasteiger partial charge in [0.1, 0.15) is 0 Å². The molecule has 0 aliphatic carbocycles. The molecule has 0 unspecified atom stereocenters. The number of hydrogen-bond donors (Lipinski definition) is 2. The van der Waals surface area contributed by atoms with E-state index in [2.05, 4.69) is 10.3 Å². The van der Waals surface area contributed by atoms with Gasteiger partial charge in [0.15, 0.2) is 5.13 Å². The van der Waals surface area contributed by atoms with Gasteiger partial charge < -0.3 is 10.0 Å². The fraction of sp³-hybridized carbons (Fsp3) is 0.583. The molecule has 1 aromatic heterocycles. The number of carboxylic acids is 1. The molecule has 2 heterocycles. The number of aromatic nitrogens is 1. The highest BCUT2D eigenvalue weighted by Gasteiger charge is 2.23. The number of carboxylic acid groups (broad SMARTS) is 1. The molecule has 0 saturated carbocycles. The van der Waals surface area contributed by atoms with Crippen LogP contribution in [0.3, 0.4) is 0 Å². The van der Waals surface area contributed by atoms with E-state index in [-0.39, 0.29) is 12.5 Å². The fourth-order valence-corrected chi connectivity index (χ4v) is 2.73. The van der Waals surface area contributed by atoms with E-state index in [1.54, 1.807) is 11.1 Å². The standard InChI is InChI=1S/C12H17N3O3S/c16-10(17)2-1-9-3-6-15(7-4-9)12(18)14-11-13-5-8-19-11/h5,8-9H,1-4,6-7H2,(H,16,17)(H,13,14,18). The summed E-state index contributed by atoms with van der Waals surface area (Å²) in [4.78, 5) is 28.2. The Morgan fingerprint density at radius 3 is 2.79 bits per heavy atom. The van der Waals surface area contributed by atoms with E-state index < -0.39 is 5.97 Å². The number of nitrogens with zero attached hydrogens (tertiary/aromatic N) is 2. The van der Waals surface area contributed by atoms with Crippen LogP contribution in [0.2, 0.25) is 0 Å². The van der Waals surface area contributed by atoms with E-state index in [0.29, 0.717) is 30.6 Å². The van der Waals surface area contributed by atoms with Crippen molar-refractivity contribution in [3.8, 4) is 0 Å². The van der Waals surface area contributed by atoms with Crippen LogP contribution in [-0.2, 0) is 4.79 Å². The maximum absolute atomic E-state index is 11.9. The van der Waals surface area contributed by atoms with E-state index in [0.717, 1.165) is 12.8 Å². The van der Waals surface area contributed by atoms with Crippen LogP contribution in [0, 0.1) is 5.92 Å². The maximum Gasteiger partial charge on any atom is 0.323 e. The molecule has 0 aromatic carbocycles. The minimum atomic E-state index is -0.746. The van der Waals surface area contributed by atoms with E-state index >= 15 is 0 Å². The number of nitrogens with one attached hydrogen (secondary N) is 1. The van der Waals surface area contributed by atoms with Crippen LogP contribution in [0.1, 0.15) is 25.7 Å². The molecule has 0 bridgehead atoms. The molecule has 0 radical (unpaired) electrons. The van der Waals surface area contributed by atoms with Gasteiger partial charge in [-0.25, -0.2) is 9.78 Å². The Balaban J connectivity index is 1.73. The third-order valence-corrected chi connectivity index (χ3v) is 4.00. The van der Waals surface area contributed by atoms with E-state index in [9.17, 15) is 9.59 Å². The predicted molar refractivity (Wildman–Crippen MR) is 72.3 cm³/mol. The number of aliphatic carboxylic acids is 1. The summed E-state index contributed by atoms with van der Waals surface area (Å²) >= 11 is 1.39. The molecule has 1 aliphatic rings. The molecule has 19 heavy (non-hydrogen) atoms. The van der Waals surface area contributed by atoms with Crippen LogP contribution in [0.4, 0.5) is 9.93 Å². The first-order chi connectivity index (χ1) is 9.15. The third kappa shape index (κ3) is 4.20. The first kappa shape index (κ1) is 13.8. The monoisotopic (exact) mass is 283 g/mol. The average Bonchev–Trinajstić information content (AvgIpc) is 2.89. The second-order valence-electron chi connectivity index (χ2n) is 4.63. The van der Waals surface area contributed by atoms with Gasteiger partial charge in [-0.15, -0.1) is 11.3 Å². The Hall–Kier alpha value is -1.63. The van der Waals surface area contributed by atoms with Gasteiger partial charge in [-0.3, -0.25) is 10.1 Å². The van der Waals surface area contributed by atoms with Gasteiger partial charge in [-0.1, -0.05) is 0 Å². The Morgan fingerprint density at radius 2 is 2.21 bits per heavy atom. The highest BCUT2D eigenvalue weighted by atomic mass is 32.1. The quantitative estimate of drug-likeness (QED) is 0.888. The smallest absolute Gasteiger partial charge is 0.323 e. The van der Waals surface area contributed by atoms with Crippen molar-refractivity contribution in [1.82, 2.24) is 9.88 Å². The first-order valence-corrected chi connectivity index (χ1v) is 7.20. The van der Waals surface area contributed by atoms with Crippen molar-refractivity contribution in [2.24, 2.45) is 5.92 Å². The summed E-state index contributed by atoms with van der Waals surface area (Å²) in [6.07, 6.45) is 4.32. The summed E-state index contributed by atoms with van der Waals surface area (Å²) in [7, 11) is 0. The molecular weight excluding hydrogens is 266 g/mol. The van der Waals surface area contributed by atoms with Gasteiger partial charge in [-0.2, -0.15) is 0 Å². The van der Waals surface area contributed by atoms with Crippen molar-refractivity contribution in [2.45, 2.75) is 25.7 Å². The van der Waals surface area contributed by atoms with Crippen molar-refractivity contribution in [3.05, 3.63) is 11.6 Å². The van der Waals surface area contributed by atoms with E-state index in [1.165, 1.54) is 11.3 Å². The largest absolute Gasteiger partial charge is 0.481 e. The van der Waals surface area contributed by atoms with E-state index in [1.807, 2.05) is 5.38 Å². The van der Waals surface area contributed by atoms with Crippen molar-refractivity contribution in [2.75, 3.05) is 18.4 Å². The third-order valence-electron chi connectivity index (χ3n) is 3.31. The number of amides is 2. The molecule has 104 valence electrons. The van der Waals surface area contributed by atoms with Crippen molar-refractivity contribution < 1.29 is 14.7 Å². The summed E-state index contributed by atoms with van der Waals surface area (Å²) in [5.41, 5.74) is 0. The maximum atomic E-state index is 11.9. The zero-order valence-corrected chi connectivity index (χ0v) is 11.4. The first-order valence-electron chi connectivity index (χ1n) is 6.32. The van der Waals surface area contributed by atoms with Crippen LogP contribution in [0.5, 0.6) is 0 Å².